The van der Waals surface area contributed by atoms with Crippen molar-refractivity contribution in [2.45, 2.75) is 0 Å². The van der Waals surface area contributed by atoms with E-state index in [9.17, 15) is 0 Å². The van der Waals surface area contributed by atoms with Crippen LogP contribution < -0.4 is 10.6 Å². The summed E-state index contributed by atoms with van der Waals surface area (Å²) in [5, 5.41) is 1.67. The minimum Gasteiger partial charge on any atom is -0.383 e. The summed E-state index contributed by atoms with van der Waals surface area (Å²) in [6.07, 6.45) is 7.62. The second kappa shape index (κ2) is 2.59. The van der Waals surface area contributed by atoms with Crippen LogP contribution in [0.1, 0.15) is 0 Å². The third kappa shape index (κ3) is 1.15. The number of aromatic nitrogens is 1. The van der Waals surface area contributed by atoms with Gasteiger partial charge in [-0.2, -0.15) is 0 Å². The van der Waals surface area contributed by atoms with E-state index in [2.05, 4.69) is 21.7 Å². The molecule has 2 heterocycles. The molecule has 2 rings (SSSR count). The van der Waals surface area contributed by atoms with Crippen molar-refractivity contribution in [2.75, 3.05) is 5.01 Å². The minimum absolute atomic E-state index is 0.914. The standard InChI is InChI=1S/C7H6N3O/c1-2-7(6-8-3-1)10-4-5-11-9-10/h1-4,6,9H. The zero-order chi connectivity index (χ0) is 7.52. The minimum atomic E-state index is 0.914. The molecule has 1 N–H and O–H groups in total. The van der Waals surface area contributed by atoms with E-state index in [1.54, 1.807) is 23.6 Å². The predicted molar refractivity (Wildman–Crippen MR) is 38.7 cm³/mol. The first-order valence-electron chi connectivity index (χ1n) is 3.16. The summed E-state index contributed by atoms with van der Waals surface area (Å²) in [6.45, 7) is 0. The Kier molecular flexibility index (Phi) is 1.46. The molecule has 1 aromatic heterocycles. The van der Waals surface area contributed by atoms with Gasteiger partial charge < -0.3 is 4.84 Å². The van der Waals surface area contributed by atoms with Gasteiger partial charge in [-0.1, -0.05) is 5.59 Å². The predicted octanol–water partition coefficient (Wildman–Crippen LogP) is 0.612. The molecule has 0 amide bonds. The third-order valence-electron chi connectivity index (χ3n) is 1.31. The number of hydrazine groups is 1. The van der Waals surface area contributed by atoms with Gasteiger partial charge >= 0.3 is 0 Å². The van der Waals surface area contributed by atoms with Gasteiger partial charge in [0, 0.05) is 6.20 Å². The molecule has 0 aliphatic carbocycles. The molecule has 1 aliphatic heterocycles. The van der Waals surface area contributed by atoms with Crippen LogP contribution in [0.2, 0.25) is 0 Å². The molecule has 55 valence electrons. The fraction of sp³-hybridized carbons (Fsp3) is 0. The lowest BCUT2D eigenvalue weighted by Gasteiger charge is -2.11. The molecule has 1 aromatic rings. The lowest BCUT2D eigenvalue weighted by atomic mass is 10.4. The Hall–Kier alpha value is -1.55. The Balaban J connectivity index is 2.23. The van der Waals surface area contributed by atoms with Crippen LogP contribution >= 0.6 is 0 Å². The number of nitrogens with zero attached hydrogens (tertiary/aromatic N) is 2. The fourth-order valence-corrected chi connectivity index (χ4v) is 0.804. The van der Waals surface area contributed by atoms with Crippen LogP contribution in [0.3, 0.4) is 0 Å². The van der Waals surface area contributed by atoms with Crippen molar-refractivity contribution in [2.24, 2.45) is 0 Å². The van der Waals surface area contributed by atoms with Crippen LogP contribution in [0.25, 0.3) is 0 Å². The molecule has 0 unspecified atom stereocenters. The first-order chi connectivity index (χ1) is 5.47. The third-order valence-corrected chi connectivity index (χ3v) is 1.31. The zero-order valence-electron chi connectivity index (χ0n) is 5.69. The van der Waals surface area contributed by atoms with Crippen molar-refractivity contribution in [3.05, 3.63) is 37.0 Å². The van der Waals surface area contributed by atoms with Gasteiger partial charge in [0.25, 0.3) is 0 Å². The average Bonchev–Trinajstić information content (AvgIpc) is 2.58. The maximum absolute atomic E-state index is 4.65. The number of rotatable bonds is 1. The molecule has 1 radical (unpaired) electrons. The Morgan fingerprint density at radius 2 is 2.64 bits per heavy atom. The fourth-order valence-electron chi connectivity index (χ4n) is 0.804. The first-order valence-corrected chi connectivity index (χ1v) is 3.16. The van der Waals surface area contributed by atoms with Crippen molar-refractivity contribution in [3.63, 3.8) is 0 Å². The summed E-state index contributed by atoms with van der Waals surface area (Å²) in [6, 6.07) is 3.76. The number of pyridine rings is 1. The molecule has 0 spiro atoms. The maximum atomic E-state index is 4.65. The van der Waals surface area contributed by atoms with Gasteiger partial charge in [-0.3, -0.25) is 4.98 Å². The number of hydrogen-bond acceptors (Lipinski definition) is 4. The summed E-state index contributed by atoms with van der Waals surface area (Å²) in [4.78, 5) is 8.60. The smallest absolute Gasteiger partial charge is 0.213 e. The highest BCUT2D eigenvalue weighted by Gasteiger charge is 2.06. The molecule has 4 heteroatoms. The number of hydrogen-bond donors (Lipinski definition) is 1. The molecule has 0 bridgehead atoms. The Morgan fingerprint density at radius 1 is 1.64 bits per heavy atom. The van der Waals surface area contributed by atoms with Gasteiger partial charge in [-0.05, 0) is 12.1 Å². The van der Waals surface area contributed by atoms with E-state index in [4.69, 9.17) is 0 Å². The van der Waals surface area contributed by atoms with E-state index in [-0.39, 0.29) is 0 Å². The van der Waals surface area contributed by atoms with E-state index >= 15 is 0 Å². The van der Waals surface area contributed by atoms with Gasteiger partial charge in [-0.15, -0.1) is 0 Å². The van der Waals surface area contributed by atoms with E-state index in [0.29, 0.717) is 0 Å². The molecule has 11 heavy (non-hydrogen) atoms. The summed E-state index contributed by atoms with van der Waals surface area (Å²) in [7, 11) is 0. The molecule has 4 nitrogen and oxygen atoms in total. The van der Waals surface area contributed by atoms with Crippen LogP contribution in [-0.4, -0.2) is 4.98 Å². The van der Waals surface area contributed by atoms with Gasteiger partial charge in [0.1, 0.15) is 0 Å². The summed E-state index contributed by atoms with van der Waals surface area (Å²) in [5.41, 5.74) is 3.51. The summed E-state index contributed by atoms with van der Waals surface area (Å²) < 4.78 is 0. The van der Waals surface area contributed by atoms with Crippen molar-refractivity contribution in [1.82, 2.24) is 10.6 Å². The van der Waals surface area contributed by atoms with Crippen molar-refractivity contribution < 1.29 is 4.84 Å². The normalized spacial score (nSPS) is 15.1. The molecule has 0 saturated carbocycles. The van der Waals surface area contributed by atoms with Crippen molar-refractivity contribution >= 4 is 5.69 Å². The van der Waals surface area contributed by atoms with Gasteiger partial charge in [0.05, 0.1) is 18.1 Å². The SMILES string of the molecule is [C]1=CN(c2cccnc2)NO1. The Bertz CT molecular complexity index is 260. The Labute approximate surface area is 64.0 Å². The molecular weight excluding hydrogens is 142 g/mol. The largest absolute Gasteiger partial charge is 0.383 e. The quantitative estimate of drug-likeness (QED) is 0.633. The monoisotopic (exact) mass is 148 g/mol. The molecular formula is C7H6N3O. The van der Waals surface area contributed by atoms with E-state index in [0.717, 1.165) is 5.69 Å². The van der Waals surface area contributed by atoms with Gasteiger partial charge in [-0.25, -0.2) is 5.01 Å². The maximum Gasteiger partial charge on any atom is 0.213 e. The highest BCUT2D eigenvalue weighted by atomic mass is 16.7. The average molecular weight is 148 g/mol. The molecule has 0 fully saturated rings. The highest BCUT2D eigenvalue weighted by Crippen LogP contribution is 2.11. The van der Waals surface area contributed by atoms with Crippen LogP contribution in [0.15, 0.2) is 30.7 Å². The molecule has 1 aliphatic rings. The first kappa shape index (κ1) is 6.18. The summed E-state index contributed by atoms with van der Waals surface area (Å²) in [5.74, 6) is 0. The van der Waals surface area contributed by atoms with Crippen LogP contribution in [0, 0.1) is 6.26 Å². The Morgan fingerprint density at radius 3 is 3.27 bits per heavy atom. The van der Waals surface area contributed by atoms with Crippen LogP contribution in [0.5, 0.6) is 0 Å². The van der Waals surface area contributed by atoms with E-state index in [1.165, 1.54) is 0 Å². The zero-order valence-corrected chi connectivity index (χ0v) is 5.69. The second-order valence-corrected chi connectivity index (χ2v) is 2.02. The second-order valence-electron chi connectivity index (χ2n) is 2.02. The van der Waals surface area contributed by atoms with Crippen molar-refractivity contribution in [1.29, 1.82) is 0 Å². The topological polar surface area (TPSA) is 37.4 Å². The van der Waals surface area contributed by atoms with Crippen LogP contribution in [-0.2, 0) is 4.84 Å². The molecule has 0 aromatic carbocycles. The molecule has 0 saturated heterocycles. The van der Waals surface area contributed by atoms with E-state index in [1.807, 2.05) is 12.1 Å². The number of nitrogens with one attached hydrogen (secondary N) is 1. The van der Waals surface area contributed by atoms with Crippen molar-refractivity contribution in [3.8, 4) is 0 Å². The molecule has 0 atom stereocenters. The van der Waals surface area contributed by atoms with Gasteiger partial charge in [0.15, 0.2) is 0 Å². The highest BCUT2D eigenvalue weighted by molar-refractivity contribution is 5.44. The summed E-state index contributed by atoms with van der Waals surface area (Å²) >= 11 is 0. The van der Waals surface area contributed by atoms with Crippen LogP contribution in [0.4, 0.5) is 5.69 Å². The van der Waals surface area contributed by atoms with Gasteiger partial charge in [0.2, 0.25) is 6.26 Å². The number of anilines is 1. The lowest BCUT2D eigenvalue weighted by molar-refractivity contribution is 0.142. The lowest BCUT2D eigenvalue weighted by Crippen LogP contribution is -2.26. The van der Waals surface area contributed by atoms with E-state index < -0.39 is 0 Å².